The maximum absolute atomic E-state index is 12.3. The summed E-state index contributed by atoms with van der Waals surface area (Å²) in [6, 6.07) is 7.17. The molecule has 1 aliphatic rings. The lowest BCUT2D eigenvalue weighted by molar-refractivity contribution is 0.433. The van der Waals surface area contributed by atoms with Gasteiger partial charge in [-0.25, -0.2) is 8.42 Å². The Morgan fingerprint density at radius 1 is 1.11 bits per heavy atom. The number of nitrogens with two attached hydrogens (primary N) is 1. The average Bonchev–Trinajstić information content (AvgIpc) is 2.32. The Morgan fingerprint density at radius 2 is 1.67 bits per heavy atom. The smallest absolute Gasteiger partial charge is 0.157 e. The van der Waals surface area contributed by atoms with E-state index in [9.17, 15) is 8.42 Å². The van der Waals surface area contributed by atoms with Gasteiger partial charge in [-0.2, -0.15) is 0 Å². The normalized spacial score (nSPS) is 25.0. The molecule has 0 heterocycles. The van der Waals surface area contributed by atoms with E-state index < -0.39 is 9.84 Å². The van der Waals surface area contributed by atoms with Crippen LogP contribution in [0.3, 0.4) is 0 Å². The fourth-order valence-corrected chi connectivity index (χ4v) is 4.39. The van der Waals surface area contributed by atoms with Gasteiger partial charge in [-0.05, 0) is 43.4 Å². The zero-order valence-electron chi connectivity index (χ0n) is 10.2. The van der Waals surface area contributed by atoms with Crippen molar-refractivity contribution in [2.75, 3.05) is 0 Å². The summed E-state index contributed by atoms with van der Waals surface area (Å²) in [5, 5.41) is 0.396. The summed E-state index contributed by atoms with van der Waals surface area (Å²) in [6.45, 7) is 0. The molecule has 0 atom stereocenters. The zero-order chi connectivity index (χ0) is 13.2. The van der Waals surface area contributed by atoms with Gasteiger partial charge in [0.25, 0.3) is 0 Å². The molecule has 0 amide bonds. The van der Waals surface area contributed by atoms with Crippen molar-refractivity contribution >= 4 is 21.4 Å². The molecule has 1 saturated carbocycles. The van der Waals surface area contributed by atoms with Gasteiger partial charge in [0.05, 0.1) is 11.0 Å². The molecule has 1 aromatic rings. The zero-order valence-corrected chi connectivity index (χ0v) is 11.8. The number of rotatable bonds is 3. The molecule has 0 aromatic heterocycles. The summed E-state index contributed by atoms with van der Waals surface area (Å²) < 4.78 is 24.5. The highest BCUT2D eigenvalue weighted by atomic mass is 35.5. The van der Waals surface area contributed by atoms with Gasteiger partial charge in [-0.15, -0.1) is 0 Å². The van der Waals surface area contributed by atoms with Gasteiger partial charge in [0.15, 0.2) is 9.84 Å². The minimum absolute atomic E-state index is 0.101. The van der Waals surface area contributed by atoms with Gasteiger partial charge in [0.2, 0.25) is 0 Å². The minimum atomic E-state index is -3.07. The predicted molar refractivity (Wildman–Crippen MR) is 74.3 cm³/mol. The lowest BCUT2D eigenvalue weighted by Crippen LogP contribution is -2.33. The number of sulfone groups is 1. The Labute approximate surface area is 113 Å². The van der Waals surface area contributed by atoms with Crippen LogP contribution in [0, 0.1) is 0 Å². The van der Waals surface area contributed by atoms with E-state index in [-0.39, 0.29) is 17.0 Å². The second-order valence-electron chi connectivity index (χ2n) is 4.97. The van der Waals surface area contributed by atoms with Crippen molar-refractivity contribution in [3.8, 4) is 0 Å². The van der Waals surface area contributed by atoms with Crippen molar-refractivity contribution in [1.29, 1.82) is 0 Å². The Kier molecular flexibility index (Phi) is 4.30. The van der Waals surface area contributed by atoms with Crippen LogP contribution in [0.2, 0.25) is 5.02 Å². The van der Waals surface area contributed by atoms with Crippen LogP contribution in [-0.4, -0.2) is 19.7 Å². The molecule has 5 heteroatoms. The highest BCUT2D eigenvalue weighted by Gasteiger charge is 2.29. The summed E-state index contributed by atoms with van der Waals surface area (Å²) in [5.74, 6) is 0.101. The fraction of sp³-hybridized carbons (Fsp3) is 0.538. The summed E-state index contributed by atoms with van der Waals surface area (Å²) in [4.78, 5) is 0. The Morgan fingerprint density at radius 3 is 2.22 bits per heavy atom. The average molecular weight is 288 g/mol. The van der Waals surface area contributed by atoms with Crippen LogP contribution >= 0.6 is 11.6 Å². The second kappa shape index (κ2) is 5.59. The summed E-state index contributed by atoms with van der Waals surface area (Å²) >= 11 is 5.78. The first-order valence-electron chi connectivity index (χ1n) is 6.19. The lowest BCUT2D eigenvalue weighted by Gasteiger charge is -2.25. The van der Waals surface area contributed by atoms with Gasteiger partial charge >= 0.3 is 0 Å². The molecule has 0 unspecified atom stereocenters. The first kappa shape index (κ1) is 13.8. The van der Waals surface area contributed by atoms with Gasteiger partial charge in [0.1, 0.15) is 0 Å². The Hall–Kier alpha value is -0.580. The van der Waals surface area contributed by atoms with Crippen LogP contribution in [0.15, 0.2) is 24.3 Å². The Balaban J connectivity index is 2.05. The van der Waals surface area contributed by atoms with E-state index in [4.69, 9.17) is 17.3 Å². The summed E-state index contributed by atoms with van der Waals surface area (Å²) in [7, 11) is -3.07. The molecule has 2 N–H and O–H groups in total. The molecule has 0 spiro atoms. The highest BCUT2D eigenvalue weighted by Crippen LogP contribution is 2.26. The van der Waals surface area contributed by atoms with Crippen molar-refractivity contribution in [2.24, 2.45) is 5.73 Å². The van der Waals surface area contributed by atoms with E-state index in [0.29, 0.717) is 17.9 Å². The highest BCUT2D eigenvalue weighted by molar-refractivity contribution is 7.91. The van der Waals surface area contributed by atoms with E-state index in [1.165, 1.54) is 0 Å². The van der Waals surface area contributed by atoms with Crippen LogP contribution in [-0.2, 0) is 15.6 Å². The van der Waals surface area contributed by atoms with E-state index >= 15 is 0 Å². The first-order valence-corrected chi connectivity index (χ1v) is 8.28. The van der Waals surface area contributed by atoms with Crippen molar-refractivity contribution in [2.45, 2.75) is 42.7 Å². The van der Waals surface area contributed by atoms with Gasteiger partial charge in [-0.1, -0.05) is 23.7 Å². The first-order chi connectivity index (χ1) is 8.47. The quantitative estimate of drug-likeness (QED) is 0.929. The number of halogens is 1. The van der Waals surface area contributed by atoms with Crippen molar-refractivity contribution in [3.63, 3.8) is 0 Å². The maximum atomic E-state index is 12.3. The molecule has 3 nitrogen and oxygen atoms in total. The molecule has 100 valence electrons. The number of hydrogen-bond acceptors (Lipinski definition) is 3. The molecular formula is C13H18ClNO2S. The van der Waals surface area contributed by atoms with Crippen molar-refractivity contribution in [3.05, 3.63) is 34.9 Å². The number of benzene rings is 1. The van der Waals surface area contributed by atoms with Crippen molar-refractivity contribution in [1.82, 2.24) is 0 Å². The minimum Gasteiger partial charge on any atom is -0.328 e. The summed E-state index contributed by atoms with van der Waals surface area (Å²) in [5.41, 5.74) is 6.60. The number of hydrogen-bond donors (Lipinski definition) is 1. The van der Waals surface area contributed by atoms with Gasteiger partial charge in [-0.3, -0.25) is 0 Å². The molecule has 2 rings (SSSR count). The molecule has 1 aliphatic carbocycles. The van der Waals surface area contributed by atoms with Gasteiger partial charge < -0.3 is 5.73 Å². The fourth-order valence-electron chi connectivity index (χ4n) is 2.38. The van der Waals surface area contributed by atoms with Crippen LogP contribution in [0.25, 0.3) is 0 Å². The molecule has 0 bridgehead atoms. The van der Waals surface area contributed by atoms with Crippen LogP contribution < -0.4 is 5.73 Å². The third kappa shape index (κ3) is 3.46. The van der Waals surface area contributed by atoms with Crippen molar-refractivity contribution < 1.29 is 8.42 Å². The third-order valence-electron chi connectivity index (χ3n) is 3.51. The predicted octanol–water partition coefficient (Wildman–Crippen LogP) is 2.52. The van der Waals surface area contributed by atoms with E-state index in [1.54, 1.807) is 24.3 Å². The molecular weight excluding hydrogens is 270 g/mol. The molecule has 1 aromatic carbocycles. The largest absolute Gasteiger partial charge is 0.328 e. The van der Waals surface area contributed by atoms with E-state index in [2.05, 4.69) is 0 Å². The molecule has 1 fully saturated rings. The lowest BCUT2D eigenvalue weighted by atomic mass is 9.96. The molecule has 0 aliphatic heterocycles. The van der Waals surface area contributed by atoms with Gasteiger partial charge in [0, 0.05) is 11.1 Å². The summed E-state index contributed by atoms with van der Waals surface area (Å²) in [6.07, 6.45) is 3.00. The monoisotopic (exact) mass is 287 g/mol. The third-order valence-corrected chi connectivity index (χ3v) is 5.98. The molecule has 0 radical (unpaired) electrons. The van der Waals surface area contributed by atoms with Crippen LogP contribution in [0.4, 0.5) is 0 Å². The van der Waals surface area contributed by atoms with Crippen LogP contribution in [0.5, 0.6) is 0 Å². The topological polar surface area (TPSA) is 60.2 Å². The standard InChI is InChI=1S/C13H18ClNO2S/c14-11-3-1-10(2-4-11)9-18(16,17)13-7-5-12(15)6-8-13/h1-4,12-13H,5-9,15H2. The van der Waals surface area contributed by atoms with E-state index in [0.717, 1.165) is 18.4 Å². The van der Waals surface area contributed by atoms with Crippen LogP contribution in [0.1, 0.15) is 31.2 Å². The second-order valence-corrected chi connectivity index (χ2v) is 7.69. The SMILES string of the molecule is NC1CCC(S(=O)(=O)Cc2ccc(Cl)cc2)CC1. The Bertz CT molecular complexity index is 490. The molecule has 0 saturated heterocycles. The van der Waals surface area contributed by atoms with E-state index in [1.807, 2.05) is 0 Å². The maximum Gasteiger partial charge on any atom is 0.157 e. The molecule has 18 heavy (non-hydrogen) atoms.